The number of likely N-dealkylation sites (tertiary alicyclic amines) is 1. The molecular weight excluding hydrogens is 262 g/mol. The average molecular weight is 290 g/mol. The van der Waals surface area contributed by atoms with E-state index < -0.39 is 0 Å². The van der Waals surface area contributed by atoms with Crippen LogP contribution in [0, 0.1) is 0 Å². The molecule has 2 aliphatic rings. The number of amides is 1. The van der Waals surface area contributed by atoms with Crippen molar-refractivity contribution < 1.29 is 4.79 Å². The largest absolute Gasteiger partial charge is 0.341 e. The van der Waals surface area contributed by atoms with Gasteiger partial charge in [-0.1, -0.05) is 12.8 Å². The van der Waals surface area contributed by atoms with Crippen molar-refractivity contribution in [2.24, 2.45) is 0 Å². The lowest BCUT2D eigenvalue weighted by Crippen LogP contribution is -2.56. The number of carbonyl (C=O) groups is 1. The van der Waals surface area contributed by atoms with Crippen LogP contribution < -0.4 is 5.32 Å². The third kappa shape index (κ3) is 4.62. The molecule has 2 rings (SSSR count). The van der Waals surface area contributed by atoms with Crippen molar-refractivity contribution >= 4 is 18.3 Å². The second-order valence-corrected chi connectivity index (χ2v) is 5.77. The summed E-state index contributed by atoms with van der Waals surface area (Å²) in [6.07, 6.45) is 4.92. The Morgan fingerprint density at radius 2 is 1.79 bits per heavy atom. The number of rotatable bonds is 2. The molecule has 4 nitrogen and oxygen atoms in total. The van der Waals surface area contributed by atoms with Crippen molar-refractivity contribution in [3.05, 3.63) is 0 Å². The molecule has 2 unspecified atom stereocenters. The summed E-state index contributed by atoms with van der Waals surface area (Å²) in [5.41, 5.74) is 0. The van der Waals surface area contributed by atoms with Gasteiger partial charge in [-0.3, -0.25) is 9.69 Å². The Balaban J connectivity index is 0.00000180. The summed E-state index contributed by atoms with van der Waals surface area (Å²) in [6.45, 7) is 9.17. The number of hydrogen-bond acceptors (Lipinski definition) is 3. The van der Waals surface area contributed by atoms with Gasteiger partial charge in [0.2, 0.25) is 5.91 Å². The molecule has 112 valence electrons. The maximum Gasteiger partial charge on any atom is 0.239 e. The highest BCUT2D eigenvalue weighted by Gasteiger charge is 2.28. The van der Waals surface area contributed by atoms with Crippen LogP contribution >= 0.6 is 12.4 Å². The van der Waals surface area contributed by atoms with Crippen LogP contribution in [-0.2, 0) is 4.79 Å². The normalized spacial score (nSPS) is 27.3. The Morgan fingerprint density at radius 1 is 1.16 bits per heavy atom. The molecule has 2 saturated heterocycles. The lowest BCUT2D eigenvalue weighted by atomic mass is 10.1. The molecule has 2 aliphatic heterocycles. The predicted octanol–water partition coefficient (Wildman–Crippen LogP) is 1.49. The van der Waals surface area contributed by atoms with E-state index in [1.165, 1.54) is 25.7 Å². The summed E-state index contributed by atoms with van der Waals surface area (Å²) in [7, 11) is 0. The highest BCUT2D eigenvalue weighted by molar-refractivity contribution is 5.85. The zero-order valence-electron chi connectivity index (χ0n) is 12.2. The van der Waals surface area contributed by atoms with Gasteiger partial charge in [-0.15, -0.1) is 12.4 Å². The van der Waals surface area contributed by atoms with E-state index >= 15 is 0 Å². The molecule has 19 heavy (non-hydrogen) atoms. The third-order valence-electron chi connectivity index (χ3n) is 4.22. The Hall–Kier alpha value is -0.320. The highest BCUT2D eigenvalue weighted by Crippen LogP contribution is 2.13. The van der Waals surface area contributed by atoms with Gasteiger partial charge in [0.1, 0.15) is 0 Å². The first-order valence-electron chi connectivity index (χ1n) is 7.44. The molecule has 1 N–H and O–H groups in total. The van der Waals surface area contributed by atoms with E-state index in [2.05, 4.69) is 29.0 Å². The van der Waals surface area contributed by atoms with Gasteiger partial charge in [0, 0.05) is 38.8 Å². The van der Waals surface area contributed by atoms with Crippen molar-refractivity contribution in [3.63, 3.8) is 0 Å². The predicted molar refractivity (Wildman–Crippen MR) is 80.8 cm³/mol. The van der Waals surface area contributed by atoms with Crippen molar-refractivity contribution in [1.29, 1.82) is 0 Å². The molecule has 0 saturated carbocycles. The number of piperazine rings is 1. The van der Waals surface area contributed by atoms with Crippen LogP contribution in [0.4, 0.5) is 0 Å². The minimum atomic E-state index is 0. The van der Waals surface area contributed by atoms with Gasteiger partial charge in [-0.25, -0.2) is 0 Å². The fourth-order valence-electron chi connectivity index (χ4n) is 3.03. The van der Waals surface area contributed by atoms with E-state index in [-0.39, 0.29) is 18.4 Å². The van der Waals surface area contributed by atoms with Crippen LogP contribution in [-0.4, -0.2) is 60.5 Å². The standard InChI is InChI=1S/C14H27N3O.ClH/c1-12-11-17(10-7-15-12)13(2)14(18)16-8-5-3-4-6-9-16;/h12-13,15H,3-11H2,1-2H3;1H. The molecule has 0 radical (unpaired) electrons. The van der Waals surface area contributed by atoms with Gasteiger partial charge in [0.15, 0.2) is 0 Å². The summed E-state index contributed by atoms with van der Waals surface area (Å²) in [5, 5.41) is 3.43. The quantitative estimate of drug-likeness (QED) is 0.837. The molecule has 0 spiro atoms. The number of hydrogen-bond donors (Lipinski definition) is 1. The summed E-state index contributed by atoms with van der Waals surface area (Å²) >= 11 is 0. The molecule has 2 atom stereocenters. The van der Waals surface area contributed by atoms with Crippen LogP contribution in [0.15, 0.2) is 0 Å². The monoisotopic (exact) mass is 289 g/mol. The van der Waals surface area contributed by atoms with Crippen LogP contribution in [0.1, 0.15) is 39.5 Å². The molecule has 0 bridgehead atoms. The van der Waals surface area contributed by atoms with Crippen molar-refractivity contribution in [2.45, 2.75) is 51.6 Å². The summed E-state index contributed by atoms with van der Waals surface area (Å²) in [4.78, 5) is 16.9. The first-order valence-corrected chi connectivity index (χ1v) is 7.44. The maximum absolute atomic E-state index is 12.5. The van der Waals surface area contributed by atoms with E-state index in [0.717, 1.165) is 32.7 Å². The Bertz CT molecular complexity index is 280. The van der Waals surface area contributed by atoms with Crippen molar-refractivity contribution in [2.75, 3.05) is 32.7 Å². The summed E-state index contributed by atoms with van der Waals surface area (Å²) < 4.78 is 0. The molecule has 5 heteroatoms. The van der Waals surface area contributed by atoms with E-state index in [0.29, 0.717) is 11.9 Å². The van der Waals surface area contributed by atoms with Gasteiger partial charge in [-0.2, -0.15) is 0 Å². The first-order chi connectivity index (χ1) is 8.68. The Labute approximate surface area is 123 Å². The van der Waals surface area contributed by atoms with Crippen LogP contribution in [0.25, 0.3) is 0 Å². The number of nitrogens with zero attached hydrogens (tertiary/aromatic N) is 2. The Morgan fingerprint density at radius 3 is 2.37 bits per heavy atom. The molecule has 2 heterocycles. The zero-order valence-corrected chi connectivity index (χ0v) is 13.0. The fraction of sp³-hybridized carbons (Fsp3) is 0.929. The SMILES string of the molecule is CC1CN(C(C)C(=O)N2CCCCCC2)CCN1.Cl. The van der Waals surface area contributed by atoms with E-state index in [9.17, 15) is 4.79 Å². The smallest absolute Gasteiger partial charge is 0.239 e. The van der Waals surface area contributed by atoms with Crippen LogP contribution in [0.3, 0.4) is 0 Å². The molecule has 0 aliphatic carbocycles. The zero-order chi connectivity index (χ0) is 13.0. The van der Waals surface area contributed by atoms with Crippen LogP contribution in [0.5, 0.6) is 0 Å². The number of halogens is 1. The van der Waals surface area contributed by atoms with Crippen LogP contribution in [0.2, 0.25) is 0 Å². The highest BCUT2D eigenvalue weighted by atomic mass is 35.5. The molecule has 2 fully saturated rings. The second kappa shape index (κ2) is 8.08. The summed E-state index contributed by atoms with van der Waals surface area (Å²) in [6, 6.07) is 0.547. The molecular formula is C14H28ClN3O. The third-order valence-corrected chi connectivity index (χ3v) is 4.22. The van der Waals surface area contributed by atoms with E-state index in [1.54, 1.807) is 0 Å². The van der Waals surface area contributed by atoms with Crippen molar-refractivity contribution in [3.8, 4) is 0 Å². The molecule has 0 aromatic rings. The van der Waals surface area contributed by atoms with Gasteiger partial charge in [-0.05, 0) is 26.7 Å². The van der Waals surface area contributed by atoms with Gasteiger partial charge in [0.05, 0.1) is 6.04 Å². The lowest BCUT2D eigenvalue weighted by molar-refractivity contribution is -0.136. The van der Waals surface area contributed by atoms with Gasteiger partial charge >= 0.3 is 0 Å². The van der Waals surface area contributed by atoms with Gasteiger partial charge in [0.25, 0.3) is 0 Å². The summed E-state index contributed by atoms with van der Waals surface area (Å²) in [5.74, 6) is 0.339. The maximum atomic E-state index is 12.5. The number of carbonyl (C=O) groups excluding carboxylic acids is 1. The van der Waals surface area contributed by atoms with E-state index in [4.69, 9.17) is 0 Å². The minimum absolute atomic E-state index is 0. The number of nitrogens with one attached hydrogen (secondary N) is 1. The first kappa shape index (κ1) is 16.7. The minimum Gasteiger partial charge on any atom is -0.341 e. The topological polar surface area (TPSA) is 35.6 Å². The molecule has 0 aromatic carbocycles. The fourth-order valence-corrected chi connectivity index (χ4v) is 3.03. The van der Waals surface area contributed by atoms with Gasteiger partial charge < -0.3 is 10.2 Å². The van der Waals surface area contributed by atoms with Crippen molar-refractivity contribution in [1.82, 2.24) is 15.1 Å². The molecule has 1 amide bonds. The molecule has 0 aromatic heterocycles. The Kier molecular flexibility index (Phi) is 7.11. The lowest BCUT2D eigenvalue weighted by Gasteiger charge is -2.37. The average Bonchev–Trinajstić information content (AvgIpc) is 2.66. The second-order valence-electron chi connectivity index (χ2n) is 5.77. The van der Waals surface area contributed by atoms with E-state index in [1.807, 2.05) is 0 Å².